The summed E-state index contributed by atoms with van der Waals surface area (Å²) in [7, 11) is 0. The second-order valence-electron chi connectivity index (χ2n) is 5.94. The summed E-state index contributed by atoms with van der Waals surface area (Å²) < 4.78 is 0. The maximum Gasteiger partial charge on any atom is 0.255 e. The molecule has 0 aliphatic rings. The Kier molecular flexibility index (Phi) is 6.91. The molecule has 0 unspecified atom stereocenters. The van der Waals surface area contributed by atoms with Gasteiger partial charge in [0.1, 0.15) is 0 Å². The zero-order valence-electron chi connectivity index (χ0n) is 15.0. The highest BCUT2D eigenvalue weighted by molar-refractivity contribution is 6.04. The van der Waals surface area contributed by atoms with E-state index in [1.807, 2.05) is 6.92 Å². The van der Waals surface area contributed by atoms with E-state index in [4.69, 9.17) is 0 Å². The quantitative estimate of drug-likeness (QED) is 0.702. The zero-order chi connectivity index (χ0) is 18.9. The first-order chi connectivity index (χ1) is 12.5. The van der Waals surface area contributed by atoms with E-state index >= 15 is 0 Å². The highest BCUT2D eigenvalue weighted by Gasteiger charge is 2.07. The molecule has 0 radical (unpaired) electrons. The van der Waals surface area contributed by atoms with Gasteiger partial charge >= 0.3 is 0 Å². The monoisotopic (exact) mass is 353 g/mol. The Morgan fingerprint density at radius 3 is 1.81 bits per heavy atom. The first-order valence-electron chi connectivity index (χ1n) is 8.57. The van der Waals surface area contributed by atoms with Crippen LogP contribution in [0, 0.1) is 0 Å². The summed E-state index contributed by atoms with van der Waals surface area (Å²) in [6.07, 6.45) is 2.32. The smallest absolute Gasteiger partial charge is 0.255 e. The van der Waals surface area contributed by atoms with E-state index < -0.39 is 0 Å². The van der Waals surface area contributed by atoms with Crippen molar-refractivity contribution < 1.29 is 14.4 Å². The van der Waals surface area contributed by atoms with Crippen LogP contribution < -0.4 is 16.0 Å². The van der Waals surface area contributed by atoms with E-state index in [1.54, 1.807) is 48.5 Å². The lowest BCUT2D eigenvalue weighted by Crippen LogP contribution is -2.13. The number of benzene rings is 2. The van der Waals surface area contributed by atoms with Crippen molar-refractivity contribution in [2.75, 3.05) is 16.0 Å². The third-order valence-electron chi connectivity index (χ3n) is 3.65. The Labute approximate surface area is 153 Å². The summed E-state index contributed by atoms with van der Waals surface area (Å²) in [5.74, 6) is -0.423. The molecular weight excluding hydrogens is 330 g/mol. The lowest BCUT2D eigenvalue weighted by Gasteiger charge is -2.08. The molecule has 26 heavy (non-hydrogen) atoms. The van der Waals surface area contributed by atoms with E-state index in [0.717, 1.165) is 12.8 Å². The minimum Gasteiger partial charge on any atom is -0.326 e. The molecule has 0 saturated heterocycles. The van der Waals surface area contributed by atoms with Gasteiger partial charge in [0, 0.05) is 36.0 Å². The van der Waals surface area contributed by atoms with Gasteiger partial charge in [-0.2, -0.15) is 0 Å². The summed E-state index contributed by atoms with van der Waals surface area (Å²) in [6, 6.07) is 13.6. The Morgan fingerprint density at radius 1 is 0.769 bits per heavy atom. The van der Waals surface area contributed by atoms with Gasteiger partial charge in [-0.3, -0.25) is 14.4 Å². The van der Waals surface area contributed by atoms with Crippen LogP contribution in [0.3, 0.4) is 0 Å². The first-order valence-corrected chi connectivity index (χ1v) is 8.57. The molecule has 0 aliphatic carbocycles. The Morgan fingerprint density at radius 2 is 1.27 bits per heavy atom. The summed E-state index contributed by atoms with van der Waals surface area (Å²) >= 11 is 0. The maximum absolute atomic E-state index is 12.3. The number of carbonyl (C=O) groups is 3. The maximum atomic E-state index is 12.3. The number of unbranched alkanes of at least 4 members (excludes halogenated alkanes) is 1. The third-order valence-corrected chi connectivity index (χ3v) is 3.65. The molecule has 2 aromatic carbocycles. The number of rotatable bonds is 7. The van der Waals surface area contributed by atoms with Crippen LogP contribution in [0.4, 0.5) is 17.1 Å². The molecular formula is C20H23N3O3. The zero-order valence-corrected chi connectivity index (χ0v) is 15.0. The van der Waals surface area contributed by atoms with E-state index in [9.17, 15) is 14.4 Å². The molecule has 0 bridgehead atoms. The van der Waals surface area contributed by atoms with Gasteiger partial charge in [-0.25, -0.2) is 0 Å². The Balaban J connectivity index is 1.93. The molecule has 3 amide bonds. The molecule has 0 saturated carbocycles. The Bertz CT molecular complexity index is 768. The largest absolute Gasteiger partial charge is 0.326 e. The van der Waals surface area contributed by atoms with Crippen LogP contribution in [0.5, 0.6) is 0 Å². The van der Waals surface area contributed by atoms with Gasteiger partial charge in [0.2, 0.25) is 11.8 Å². The fourth-order valence-corrected chi connectivity index (χ4v) is 2.31. The molecule has 0 spiro atoms. The number of anilines is 3. The molecule has 6 heteroatoms. The van der Waals surface area contributed by atoms with Crippen molar-refractivity contribution in [2.24, 2.45) is 0 Å². The number of hydrogen-bond donors (Lipinski definition) is 3. The average Bonchev–Trinajstić information content (AvgIpc) is 2.61. The van der Waals surface area contributed by atoms with Crippen molar-refractivity contribution >= 4 is 34.8 Å². The molecule has 0 aliphatic heterocycles. The summed E-state index contributed by atoms with van der Waals surface area (Å²) in [4.78, 5) is 35.0. The summed E-state index contributed by atoms with van der Waals surface area (Å²) in [6.45, 7) is 3.47. The van der Waals surface area contributed by atoms with Crippen LogP contribution in [0.25, 0.3) is 0 Å². The minimum absolute atomic E-state index is 0.0247. The van der Waals surface area contributed by atoms with Crippen LogP contribution in [-0.4, -0.2) is 17.7 Å². The van der Waals surface area contributed by atoms with E-state index in [1.165, 1.54) is 6.92 Å². The normalized spacial score (nSPS) is 10.1. The van der Waals surface area contributed by atoms with Gasteiger partial charge in [-0.1, -0.05) is 13.3 Å². The first kappa shape index (κ1) is 19.2. The lowest BCUT2D eigenvalue weighted by atomic mass is 10.1. The molecule has 0 atom stereocenters. The topological polar surface area (TPSA) is 87.3 Å². The van der Waals surface area contributed by atoms with E-state index in [0.29, 0.717) is 29.0 Å². The second-order valence-corrected chi connectivity index (χ2v) is 5.94. The third kappa shape index (κ3) is 6.05. The summed E-state index contributed by atoms with van der Waals surface area (Å²) in [5.41, 5.74) is 2.45. The fourth-order valence-electron chi connectivity index (χ4n) is 2.31. The van der Waals surface area contributed by atoms with E-state index in [-0.39, 0.29) is 17.7 Å². The van der Waals surface area contributed by atoms with Crippen molar-refractivity contribution in [3.05, 3.63) is 54.1 Å². The standard InChI is InChI=1S/C20H23N3O3/c1-3-4-5-19(25)22-17-8-6-15(7-9-17)20(26)23-18-12-10-16(11-13-18)21-14(2)24/h6-13H,3-5H2,1-2H3,(H,21,24)(H,22,25)(H,23,26). The number of carbonyl (C=O) groups excluding carboxylic acids is 3. The highest BCUT2D eigenvalue weighted by Crippen LogP contribution is 2.16. The molecule has 0 aromatic heterocycles. The van der Waals surface area contributed by atoms with Gasteiger partial charge in [-0.15, -0.1) is 0 Å². The average molecular weight is 353 g/mol. The van der Waals surface area contributed by atoms with Gasteiger partial charge in [-0.05, 0) is 55.0 Å². The van der Waals surface area contributed by atoms with Crippen molar-refractivity contribution in [3.8, 4) is 0 Å². The molecule has 0 heterocycles. The second kappa shape index (κ2) is 9.36. The number of hydrogen-bond acceptors (Lipinski definition) is 3. The van der Waals surface area contributed by atoms with Crippen LogP contribution in [0.2, 0.25) is 0 Å². The molecule has 6 nitrogen and oxygen atoms in total. The molecule has 0 fully saturated rings. The molecule has 2 aromatic rings. The molecule has 136 valence electrons. The van der Waals surface area contributed by atoms with Gasteiger partial charge < -0.3 is 16.0 Å². The van der Waals surface area contributed by atoms with Gasteiger partial charge in [0.25, 0.3) is 5.91 Å². The SMILES string of the molecule is CCCCC(=O)Nc1ccc(C(=O)Nc2ccc(NC(C)=O)cc2)cc1. The van der Waals surface area contributed by atoms with Crippen LogP contribution in [0.1, 0.15) is 43.5 Å². The van der Waals surface area contributed by atoms with Gasteiger partial charge in [0.15, 0.2) is 0 Å². The number of amides is 3. The number of nitrogens with one attached hydrogen (secondary N) is 3. The van der Waals surface area contributed by atoms with Crippen LogP contribution in [-0.2, 0) is 9.59 Å². The minimum atomic E-state index is -0.249. The fraction of sp³-hybridized carbons (Fsp3) is 0.250. The predicted molar refractivity (Wildman–Crippen MR) is 103 cm³/mol. The van der Waals surface area contributed by atoms with Crippen molar-refractivity contribution in [3.63, 3.8) is 0 Å². The lowest BCUT2D eigenvalue weighted by molar-refractivity contribution is -0.116. The highest BCUT2D eigenvalue weighted by atomic mass is 16.2. The van der Waals surface area contributed by atoms with E-state index in [2.05, 4.69) is 16.0 Å². The van der Waals surface area contributed by atoms with Crippen LogP contribution in [0.15, 0.2) is 48.5 Å². The van der Waals surface area contributed by atoms with Crippen molar-refractivity contribution in [1.29, 1.82) is 0 Å². The Hall–Kier alpha value is -3.15. The summed E-state index contributed by atoms with van der Waals surface area (Å²) in [5, 5.41) is 8.26. The predicted octanol–water partition coefficient (Wildman–Crippen LogP) is 4.03. The van der Waals surface area contributed by atoms with Gasteiger partial charge in [0.05, 0.1) is 0 Å². The van der Waals surface area contributed by atoms with Crippen LogP contribution >= 0.6 is 0 Å². The van der Waals surface area contributed by atoms with Crippen molar-refractivity contribution in [2.45, 2.75) is 33.1 Å². The molecule has 2 rings (SSSR count). The molecule has 3 N–H and O–H groups in total. The van der Waals surface area contributed by atoms with Crippen molar-refractivity contribution in [1.82, 2.24) is 0 Å².